The molecule has 0 atom stereocenters. The van der Waals surface area contributed by atoms with Crippen LogP contribution in [-0.2, 0) is 6.42 Å². The third-order valence-electron chi connectivity index (χ3n) is 4.82. The van der Waals surface area contributed by atoms with Crippen molar-refractivity contribution in [2.24, 2.45) is 4.99 Å². The number of benzodiazepines with no additional fused rings is 1. The summed E-state index contributed by atoms with van der Waals surface area (Å²) in [6, 6.07) is 21.2. The molecule has 0 amide bonds. The Bertz CT molecular complexity index is 984. The number of likely N-dealkylation sites (N-methyl/N-ethyl adjacent to an activating group) is 1. The number of para-hydroxylation sites is 1. The van der Waals surface area contributed by atoms with Crippen LogP contribution in [0, 0.1) is 0 Å². The van der Waals surface area contributed by atoms with E-state index in [0.29, 0.717) is 0 Å². The summed E-state index contributed by atoms with van der Waals surface area (Å²) in [4.78, 5) is 11.3. The van der Waals surface area contributed by atoms with Crippen molar-refractivity contribution in [3.63, 3.8) is 0 Å². The summed E-state index contributed by atoms with van der Waals surface area (Å²) in [6.07, 6.45) is 8.93. The topological polar surface area (TPSA) is 28.5 Å². The van der Waals surface area contributed by atoms with Crippen molar-refractivity contribution < 1.29 is 0 Å². The second-order valence-corrected chi connectivity index (χ2v) is 6.82. The van der Waals surface area contributed by atoms with Crippen molar-refractivity contribution in [1.29, 1.82) is 0 Å². The Morgan fingerprint density at radius 2 is 1.76 bits per heavy atom. The van der Waals surface area contributed by atoms with Crippen molar-refractivity contribution >= 4 is 42.3 Å². The van der Waals surface area contributed by atoms with Gasteiger partial charge in [-0.05, 0) is 41.3 Å². The Balaban J connectivity index is 0.00000150. The van der Waals surface area contributed by atoms with Crippen LogP contribution in [0.25, 0.3) is 6.08 Å². The fourth-order valence-corrected chi connectivity index (χ4v) is 3.41. The molecule has 0 saturated carbocycles. The maximum atomic E-state index is 4.80. The summed E-state index contributed by atoms with van der Waals surface area (Å²) >= 11 is 0. The Kier molecular flexibility index (Phi) is 8.44. The number of allylic oxidation sites excluding steroid dienone is 1. The molecule has 3 nitrogen and oxygen atoms in total. The zero-order valence-corrected chi connectivity index (χ0v) is 18.0. The van der Waals surface area contributed by atoms with E-state index >= 15 is 0 Å². The SMILES string of the molecule is CN1CCN=C(/C=C/c2cccc(Cc3cccnc3)c2)c2ccccc21.Cl.Cl. The van der Waals surface area contributed by atoms with Gasteiger partial charge in [-0.15, -0.1) is 24.8 Å². The lowest BCUT2D eigenvalue weighted by atomic mass is 10.0. The first-order chi connectivity index (χ1) is 13.3. The third-order valence-corrected chi connectivity index (χ3v) is 4.82. The Morgan fingerprint density at radius 3 is 2.59 bits per heavy atom. The molecule has 0 unspecified atom stereocenters. The average Bonchev–Trinajstić information content (AvgIpc) is 2.87. The number of benzene rings is 2. The van der Waals surface area contributed by atoms with E-state index in [1.165, 1.54) is 27.9 Å². The molecule has 2 aromatic carbocycles. The van der Waals surface area contributed by atoms with Crippen molar-refractivity contribution in [1.82, 2.24) is 4.98 Å². The van der Waals surface area contributed by atoms with Crippen LogP contribution >= 0.6 is 24.8 Å². The van der Waals surface area contributed by atoms with Crippen molar-refractivity contribution in [2.45, 2.75) is 6.42 Å². The summed E-state index contributed by atoms with van der Waals surface area (Å²) in [5.74, 6) is 0. The lowest BCUT2D eigenvalue weighted by molar-refractivity contribution is 0.897. The number of anilines is 1. The second kappa shape index (κ2) is 10.8. The van der Waals surface area contributed by atoms with Crippen LogP contribution in [0.4, 0.5) is 5.69 Å². The van der Waals surface area contributed by atoms with Gasteiger partial charge in [0.05, 0.1) is 12.3 Å². The minimum Gasteiger partial charge on any atom is -0.372 e. The van der Waals surface area contributed by atoms with Gasteiger partial charge in [-0.2, -0.15) is 0 Å². The molecule has 1 aliphatic rings. The van der Waals surface area contributed by atoms with Crippen molar-refractivity contribution in [2.75, 3.05) is 25.0 Å². The maximum Gasteiger partial charge on any atom is 0.0668 e. The Labute approximate surface area is 185 Å². The number of rotatable bonds is 4. The second-order valence-electron chi connectivity index (χ2n) is 6.82. The molecular formula is C24H25Cl2N3. The summed E-state index contributed by atoms with van der Waals surface area (Å²) in [7, 11) is 2.13. The molecule has 5 heteroatoms. The molecule has 0 saturated heterocycles. The largest absolute Gasteiger partial charge is 0.372 e. The van der Waals surface area contributed by atoms with E-state index in [4.69, 9.17) is 4.99 Å². The van der Waals surface area contributed by atoms with Crippen molar-refractivity contribution in [3.8, 4) is 0 Å². The van der Waals surface area contributed by atoms with Gasteiger partial charge in [-0.25, -0.2) is 0 Å². The predicted molar refractivity (Wildman–Crippen MR) is 128 cm³/mol. The van der Waals surface area contributed by atoms with E-state index in [1.54, 1.807) is 0 Å². The van der Waals surface area contributed by atoms with Crippen LogP contribution in [0.15, 0.2) is 84.1 Å². The molecule has 0 fully saturated rings. The number of hydrogen-bond donors (Lipinski definition) is 0. The number of aromatic nitrogens is 1. The first kappa shape index (κ1) is 22.7. The molecule has 3 aromatic rings. The molecule has 150 valence electrons. The molecule has 4 rings (SSSR count). The molecule has 0 spiro atoms. The molecular weight excluding hydrogens is 401 g/mol. The summed E-state index contributed by atoms with van der Waals surface area (Å²) < 4.78 is 0. The quantitative estimate of drug-likeness (QED) is 0.554. The van der Waals surface area contributed by atoms with E-state index in [0.717, 1.165) is 25.2 Å². The van der Waals surface area contributed by atoms with Gasteiger partial charge in [0.15, 0.2) is 0 Å². The summed E-state index contributed by atoms with van der Waals surface area (Å²) in [5, 5.41) is 0. The highest BCUT2D eigenvalue weighted by atomic mass is 35.5. The fraction of sp³-hybridized carbons (Fsp3) is 0.167. The minimum atomic E-state index is 0. The van der Waals surface area contributed by atoms with Gasteiger partial charge in [0.2, 0.25) is 0 Å². The number of fused-ring (bicyclic) bond motifs is 1. The van der Waals surface area contributed by atoms with Crippen LogP contribution in [0.2, 0.25) is 0 Å². The van der Waals surface area contributed by atoms with Gasteiger partial charge in [0, 0.05) is 37.2 Å². The van der Waals surface area contributed by atoms with Crippen molar-refractivity contribution in [3.05, 3.63) is 101 Å². The molecule has 1 aliphatic heterocycles. The van der Waals surface area contributed by atoms with Crippen LogP contribution in [0.1, 0.15) is 22.3 Å². The van der Waals surface area contributed by atoms with E-state index < -0.39 is 0 Å². The predicted octanol–water partition coefficient (Wildman–Crippen LogP) is 5.47. The fourth-order valence-electron chi connectivity index (χ4n) is 3.41. The normalized spacial score (nSPS) is 13.0. The molecule has 2 heterocycles. The highest BCUT2D eigenvalue weighted by Gasteiger charge is 2.13. The average molecular weight is 426 g/mol. The first-order valence-electron chi connectivity index (χ1n) is 9.30. The molecule has 0 bridgehead atoms. The van der Waals surface area contributed by atoms with E-state index in [-0.39, 0.29) is 24.8 Å². The van der Waals surface area contributed by atoms with Gasteiger partial charge in [0.1, 0.15) is 0 Å². The number of pyridine rings is 1. The van der Waals surface area contributed by atoms with Gasteiger partial charge < -0.3 is 4.90 Å². The van der Waals surface area contributed by atoms with E-state index in [9.17, 15) is 0 Å². The van der Waals surface area contributed by atoms with Gasteiger partial charge in [-0.1, -0.05) is 54.6 Å². The third kappa shape index (κ3) is 5.69. The highest BCUT2D eigenvalue weighted by molar-refractivity contribution is 6.14. The van der Waals surface area contributed by atoms with Crippen LogP contribution in [0.5, 0.6) is 0 Å². The molecule has 1 aromatic heterocycles. The molecule has 0 N–H and O–H groups in total. The van der Waals surface area contributed by atoms with Gasteiger partial charge in [-0.3, -0.25) is 9.98 Å². The van der Waals surface area contributed by atoms with Crippen LogP contribution in [-0.4, -0.2) is 30.8 Å². The zero-order valence-electron chi connectivity index (χ0n) is 16.4. The van der Waals surface area contributed by atoms with E-state index in [1.807, 2.05) is 18.5 Å². The molecule has 0 radical (unpaired) electrons. The number of nitrogens with zero attached hydrogens (tertiary/aromatic N) is 3. The van der Waals surface area contributed by atoms with Crippen LogP contribution < -0.4 is 4.90 Å². The standard InChI is InChI=1S/C24H23N3.2ClH/c1-27-15-14-26-23(22-9-2-3-10-24(22)27)12-11-19-6-4-7-20(16-19)17-21-8-5-13-25-18-21;;/h2-13,16,18H,14-15,17H2,1H3;2*1H/b12-11+;;. The lowest BCUT2D eigenvalue weighted by Crippen LogP contribution is -2.20. The molecule has 0 aliphatic carbocycles. The Hall–Kier alpha value is -2.62. The Morgan fingerprint density at radius 1 is 0.931 bits per heavy atom. The number of aliphatic imine (C=N–C) groups is 1. The monoisotopic (exact) mass is 425 g/mol. The van der Waals surface area contributed by atoms with Crippen LogP contribution in [0.3, 0.4) is 0 Å². The molecule has 29 heavy (non-hydrogen) atoms. The highest BCUT2D eigenvalue weighted by Crippen LogP contribution is 2.23. The maximum absolute atomic E-state index is 4.80. The minimum absolute atomic E-state index is 0. The first-order valence-corrected chi connectivity index (χ1v) is 9.30. The lowest BCUT2D eigenvalue weighted by Gasteiger charge is -2.18. The number of hydrogen-bond acceptors (Lipinski definition) is 3. The summed E-state index contributed by atoms with van der Waals surface area (Å²) in [5.41, 5.74) is 7.18. The zero-order chi connectivity index (χ0) is 18.5. The van der Waals surface area contributed by atoms with Gasteiger partial charge in [0.25, 0.3) is 0 Å². The number of halogens is 2. The summed E-state index contributed by atoms with van der Waals surface area (Å²) in [6.45, 7) is 1.75. The van der Waals surface area contributed by atoms with E-state index in [2.05, 4.69) is 83.7 Å². The van der Waals surface area contributed by atoms with Gasteiger partial charge >= 0.3 is 0 Å². The smallest absolute Gasteiger partial charge is 0.0668 e.